The zero-order valence-electron chi connectivity index (χ0n) is 20.6. The first-order chi connectivity index (χ1) is 17.5. The smallest absolute Gasteiger partial charge is 0.338 e. The van der Waals surface area contributed by atoms with Gasteiger partial charge in [0.1, 0.15) is 12.2 Å². The van der Waals surface area contributed by atoms with Gasteiger partial charge >= 0.3 is 11.9 Å². The molecule has 4 nitrogen and oxygen atoms in total. The molecule has 0 heterocycles. The topological polar surface area (TPSA) is 52.6 Å². The number of hydrogen-bond acceptors (Lipinski definition) is 4. The monoisotopic (exact) mass is 478 g/mol. The second-order valence-corrected chi connectivity index (χ2v) is 10.5. The summed E-state index contributed by atoms with van der Waals surface area (Å²) in [6.07, 6.45) is 6.43. The first-order valence-corrected chi connectivity index (χ1v) is 12.9. The van der Waals surface area contributed by atoms with Crippen LogP contribution in [0.3, 0.4) is 0 Å². The Kier molecular flexibility index (Phi) is 5.60. The summed E-state index contributed by atoms with van der Waals surface area (Å²) in [6.45, 7) is 4.17. The van der Waals surface area contributed by atoms with Crippen LogP contribution in [0.5, 0.6) is 0 Å². The maximum Gasteiger partial charge on any atom is 0.338 e. The van der Waals surface area contributed by atoms with Crippen molar-refractivity contribution in [2.75, 3.05) is 0 Å². The van der Waals surface area contributed by atoms with Gasteiger partial charge in [-0.25, -0.2) is 9.59 Å². The van der Waals surface area contributed by atoms with Crippen molar-refractivity contribution in [3.8, 4) is 11.8 Å². The third-order valence-electron chi connectivity index (χ3n) is 8.77. The average molecular weight is 479 g/mol. The predicted octanol–water partition coefficient (Wildman–Crippen LogP) is 6.01. The Morgan fingerprint density at radius 3 is 2.06 bits per heavy atom. The Morgan fingerprint density at radius 1 is 0.889 bits per heavy atom. The van der Waals surface area contributed by atoms with Gasteiger partial charge in [0.15, 0.2) is 0 Å². The van der Waals surface area contributed by atoms with Crippen molar-refractivity contribution in [2.45, 2.75) is 45.3 Å². The van der Waals surface area contributed by atoms with Crippen LogP contribution < -0.4 is 0 Å². The molecule has 182 valence electrons. The van der Waals surface area contributed by atoms with Crippen LogP contribution in [0.1, 0.15) is 53.8 Å². The fraction of sp³-hybridized carbons (Fsp3) is 0.375. The molecule has 2 bridgehead atoms. The highest BCUT2D eigenvalue weighted by atomic mass is 16.6. The van der Waals surface area contributed by atoms with Crippen LogP contribution in [0.15, 0.2) is 84.0 Å². The molecule has 2 fully saturated rings. The Morgan fingerprint density at radius 2 is 1.47 bits per heavy atom. The zero-order valence-corrected chi connectivity index (χ0v) is 20.6. The molecule has 2 aromatic carbocycles. The van der Waals surface area contributed by atoms with E-state index in [4.69, 9.17) is 9.47 Å². The van der Waals surface area contributed by atoms with Crippen LogP contribution in [-0.4, -0.2) is 24.1 Å². The molecule has 7 atom stereocenters. The maximum atomic E-state index is 13.2. The van der Waals surface area contributed by atoms with Crippen molar-refractivity contribution in [1.29, 1.82) is 0 Å². The minimum absolute atomic E-state index is 0.0751. The van der Waals surface area contributed by atoms with Gasteiger partial charge in [0, 0.05) is 11.8 Å². The number of carbonyl (C=O) groups is 2. The molecule has 36 heavy (non-hydrogen) atoms. The van der Waals surface area contributed by atoms with E-state index in [2.05, 4.69) is 30.9 Å². The van der Waals surface area contributed by atoms with Gasteiger partial charge in [-0.1, -0.05) is 54.5 Å². The lowest BCUT2D eigenvalue weighted by Crippen LogP contribution is -2.48. The normalized spacial score (nSPS) is 33.4. The van der Waals surface area contributed by atoms with E-state index in [0.29, 0.717) is 11.1 Å². The first-order valence-electron chi connectivity index (χ1n) is 12.9. The van der Waals surface area contributed by atoms with Crippen LogP contribution in [0.2, 0.25) is 0 Å². The van der Waals surface area contributed by atoms with Crippen molar-refractivity contribution >= 4 is 11.9 Å². The van der Waals surface area contributed by atoms with Gasteiger partial charge in [-0.3, -0.25) is 0 Å². The van der Waals surface area contributed by atoms with Crippen molar-refractivity contribution in [1.82, 2.24) is 0 Å². The van der Waals surface area contributed by atoms with E-state index < -0.39 is 12.2 Å². The standard InChI is InChI=1S/C32H30O4/c1-3-18-32(2)25-17-11-10-16-22(25)26-23-19-24(27(26)32)29(36-31(34)21-14-8-5-9-15-21)28(23)35-30(33)20-12-6-4-7-13-20/h4-10,12-16,23-24,26-29H,11,17,19H2,1-2H3. The number of hydrogen-bond donors (Lipinski definition) is 0. The zero-order chi connectivity index (χ0) is 24.9. The molecule has 0 spiro atoms. The number of allylic oxidation sites excluding steroid dienone is 4. The van der Waals surface area contributed by atoms with Gasteiger partial charge in [-0.2, -0.15) is 0 Å². The summed E-state index contributed by atoms with van der Waals surface area (Å²) in [5, 5.41) is 0. The highest BCUT2D eigenvalue weighted by molar-refractivity contribution is 5.90. The molecular formula is C32H30O4. The molecular weight excluding hydrogens is 448 g/mol. The van der Waals surface area contributed by atoms with Crippen molar-refractivity contribution in [3.05, 3.63) is 95.1 Å². The lowest BCUT2D eigenvalue weighted by Gasteiger charge is -2.42. The van der Waals surface area contributed by atoms with Gasteiger partial charge < -0.3 is 9.47 Å². The molecule has 4 heteroatoms. The quantitative estimate of drug-likeness (QED) is 0.399. The van der Waals surface area contributed by atoms with Gasteiger partial charge in [-0.05, 0) is 80.4 Å². The first kappa shape index (κ1) is 22.9. The predicted molar refractivity (Wildman–Crippen MR) is 137 cm³/mol. The van der Waals surface area contributed by atoms with Gasteiger partial charge in [0.25, 0.3) is 0 Å². The average Bonchev–Trinajstić information content (AvgIpc) is 3.54. The second kappa shape index (κ2) is 8.82. The molecule has 7 unspecified atom stereocenters. The summed E-state index contributed by atoms with van der Waals surface area (Å²) in [6, 6.07) is 18.1. The molecule has 0 radical (unpaired) electrons. The Labute approximate surface area is 212 Å². The lowest BCUT2D eigenvalue weighted by atomic mass is 9.65. The number of fused-ring (bicyclic) bond motifs is 6. The summed E-state index contributed by atoms with van der Waals surface area (Å²) < 4.78 is 12.4. The highest BCUT2D eigenvalue weighted by Gasteiger charge is 2.69. The maximum absolute atomic E-state index is 13.2. The SMILES string of the molecule is CC#CC1(C)C2=C(C=CCC2)C2C3CC(C(OC(=O)c4ccccc4)C3OC(=O)c3ccccc3)C21. The molecule has 6 rings (SSSR count). The van der Waals surface area contributed by atoms with E-state index in [0.717, 1.165) is 19.3 Å². The second-order valence-electron chi connectivity index (χ2n) is 10.5. The number of ether oxygens (including phenoxy) is 2. The minimum atomic E-state index is -0.500. The van der Waals surface area contributed by atoms with E-state index in [1.54, 1.807) is 24.3 Å². The molecule has 4 aliphatic rings. The number of carbonyl (C=O) groups excluding carboxylic acids is 2. The molecule has 2 aromatic rings. The summed E-state index contributed by atoms with van der Waals surface area (Å²) >= 11 is 0. The van der Waals surface area contributed by atoms with Crippen molar-refractivity contribution in [2.24, 2.45) is 29.1 Å². The van der Waals surface area contributed by atoms with E-state index in [1.807, 2.05) is 43.3 Å². The Hall–Kier alpha value is -3.58. The fourth-order valence-corrected chi connectivity index (χ4v) is 7.53. The molecule has 0 aliphatic heterocycles. The van der Waals surface area contributed by atoms with Crippen LogP contribution in [-0.2, 0) is 9.47 Å². The van der Waals surface area contributed by atoms with Crippen molar-refractivity contribution in [3.63, 3.8) is 0 Å². The van der Waals surface area contributed by atoms with E-state index in [1.165, 1.54) is 11.1 Å². The molecule has 0 aromatic heterocycles. The van der Waals surface area contributed by atoms with Crippen LogP contribution in [0, 0.1) is 40.9 Å². The molecule has 4 aliphatic carbocycles. The fourth-order valence-electron chi connectivity index (χ4n) is 7.53. The van der Waals surface area contributed by atoms with Crippen molar-refractivity contribution < 1.29 is 19.1 Å². The number of rotatable bonds is 4. The molecule has 0 N–H and O–H groups in total. The number of benzene rings is 2. The largest absolute Gasteiger partial charge is 0.455 e. The Balaban J connectivity index is 1.38. The minimum Gasteiger partial charge on any atom is -0.455 e. The summed E-state index contributed by atoms with van der Waals surface area (Å²) in [5.41, 5.74) is 3.55. The van der Waals surface area contributed by atoms with Gasteiger partial charge in [0.05, 0.1) is 16.5 Å². The summed E-state index contributed by atoms with van der Waals surface area (Å²) in [4.78, 5) is 26.4. The van der Waals surface area contributed by atoms with Gasteiger partial charge in [0.2, 0.25) is 0 Å². The number of esters is 2. The summed E-state index contributed by atoms with van der Waals surface area (Å²) in [7, 11) is 0. The molecule has 0 saturated heterocycles. The molecule has 2 saturated carbocycles. The van der Waals surface area contributed by atoms with Gasteiger partial charge in [-0.15, -0.1) is 5.92 Å². The van der Waals surface area contributed by atoms with E-state index in [-0.39, 0.29) is 41.0 Å². The third kappa shape index (κ3) is 3.45. The Bertz CT molecular complexity index is 1310. The van der Waals surface area contributed by atoms with E-state index >= 15 is 0 Å². The van der Waals surface area contributed by atoms with Crippen LogP contribution in [0.4, 0.5) is 0 Å². The third-order valence-corrected chi connectivity index (χ3v) is 8.77. The lowest BCUT2D eigenvalue weighted by molar-refractivity contribution is -0.0817. The van der Waals surface area contributed by atoms with Crippen LogP contribution >= 0.6 is 0 Å². The highest BCUT2D eigenvalue weighted by Crippen LogP contribution is 2.68. The van der Waals surface area contributed by atoms with E-state index in [9.17, 15) is 9.59 Å². The molecule has 0 amide bonds. The van der Waals surface area contributed by atoms with Crippen LogP contribution in [0.25, 0.3) is 0 Å². The summed E-state index contributed by atoms with van der Waals surface area (Å²) in [5.74, 6) is 6.70.